The number of hydrogen-bond acceptors (Lipinski definition) is 6. The molecule has 3 rings (SSSR count). The van der Waals surface area contributed by atoms with E-state index in [1.807, 2.05) is 14.0 Å². The number of carbonyl (C=O) groups excluding carboxylic acids is 2. The van der Waals surface area contributed by atoms with E-state index >= 15 is 0 Å². The normalized spacial score (nSPS) is 25.7. The molecule has 2 heterocycles. The quantitative estimate of drug-likeness (QED) is 0.785. The number of carbonyl (C=O) groups is 2. The Kier molecular flexibility index (Phi) is 4.75. The van der Waals surface area contributed by atoms with E-state index in [0.29, 0.717) is 31.1 Å². The molecule has 1 aliphatic heterocycles. The van der Waals surface area contributed by atoms with Crippen molar-refractivity contribution in [3.05, 3.63) is 11.7 Å². The molecule has 0 spiro atoms. The Morgan fingerprint density at radius 2 is 1.91 bits per heavy atom. The van der Waals surface area contributed by atoms with Crippen molar-refractivity contribution >= 4 is 11.8 Å². The summed E-state index contributed by atoms with van der Waals surface area (Å²) in [5, 5.41) is 7.07. The lowest BCUT2D eigenvalue weighted by molar-refractivity contribution is -0.139. The van der Waals surface area contributed by atoms with Gasteiger partial charge in [-0.15, -0.1) is 0 Å². The van der Waals surface area contributed by atoms with Gasteiger partial charge in [0.2, 0.25) is 17.7 Å². The molecule has 1 aromatic rings. The van der Waals surface area contributed by atoms with Crippen LogP contribution in [-0.2, 0) is 22.4 Å². The Morgan fingerprint density at radius 3 is 2.52 bits per heavy atom. The fraction of sp³-hybridized carbons (Fsp3) is 0.750. The van der Waals surface area contributed by atoms with Gasteiger partial charge in [0.25, 0.3) is 0 Å². The summed E-state index contributed by atoms with van der Waals surface area (Å²) < 4.78 is 5.22. The van der Waals surface area contributed by atoms with E-state index < -0.39 is 0 Å². The Labute approximate surface area is 135 Å². The van der Waals surface area contributed by atoms with Crippen LogP contribution in [-0.4, -0.2) is 46.5 Å². The van der Waals surface area contributed by atoms with Gasteiger partial charge in [0, 0.05) is 25.4 Å². The highest BCUT2D eigenvalue weighted by atomic mass is 16.5. The molecule has 0 bridgehead atoms. The predicted molar refractivity (Wildman–Crippen MR) is 82.4 cm³/mol. The fourth-order valence-corrected chi connectivity index (χ4v) is 3.51. The predicted octanol–water partition coefficient (Wildman–Crippen LogP) is 0.938. The molecule has 23 heavy (non-hydrogen) atoms. The summed E-state index contributed by atoms with van der Waals surface area (Å²) in [6.45, 7) is 2.38. The Hall–Kier alpha value is -1.76. The molecule has 1 saturated heterocycles. The second-order valence-corrected chi connectivity index (χ2v) is 6.57. The van der Waals surface area contributed by atoms with Gasteiger partial charge < -0.3 is 9.84 Å². The first-order chi connectivity index (χ1) is 11.1. The minimum absolute atomic E-state index is 0.0109. The molecule has 1 aromatic heterocycles. The maximum Gasteiger partial charge on any atom is 0.233 e. The molecule has 0 aromatic carbocycles. The van der Waals surface area contributed by atoms with Crippen molar-refractivity contribution in [2.24, 2.45) is 11.8 Å². The first kappa shape index (κ1) is 16.1. The molecule has 3 unspecified atom stereocenters. The number of likely N-dealkylation sites (tertiary alicyclic amines) is 1. The second kappa shape index (κ2) is 6.78. The molecular formula is C16H24N4O3. The molecule has 126 valence electrons. The average Bonchev–Trinajstić information content (AvgIpc) is 3.10. The van der Waals surface area contributed by atoms with Crippen LogP contribution >= 0.6 is 0 Å². The van der Waals surface area contributed by atoms with Crippen LogP contribution in [0.3, 0.4) is 0 Å². The summed E-state index contributed by atoms with van der Waals surface area (Å²) in [6.07, 6.45) is 4.90. The molecule has 7 nitrogen and oxygen atoms in total. The average molecular weight is 320 g/mol. The zero-order valence-electron chi connectivity index (χ0n) is 13.7. The van der Waals surface area contributed by atoms with Crippen LogP contribution in [0, 0.1) is 11.8 Å². The smallest absolute Gasteiger partial charge is 0.233 e. The number of nitrogens with one attached hydrogen (secondary N) is 1. The van der Waals surface area contributed by atoms with Crippen molar-refractivity contribution < 1.29 is 14.1 Å². The molecule has 2 amide bonds. The molecule has 1 N–H and O–H groups in total. The van der Waals surface area contributed by atoms with E-state index in [4.69, 9.17) is 4.52 Å². The highest BCUT2D eigenvalue weighted by Gasteiger charge is 2.47. The highest BCUT2D eigenvalue weighted by Crippen LogP contribution is 2.37. The Balaban J connectivity index is 1.58. The number of nitrogens with zero attached hydrogens (tertiary/aromatic N) is 3. The lowest BCUT2D eigenvalue weighted by Gasteiger charge is -2.19. The second-order valence-electron chi connectivity index (χ2n) is 6.57. The van der Waals surface area contributed by atoms with Gasteiger partial charge in [-0.1, -0.05) is 18.0 Å². The van der Waals surface area contributed by atoms with Crippen molar-refractivity contribution in [2.45, 2.75) is 51.5 Å². The summed E-state index contributed by atoms with van der Waals surface area (Å²) in [5.41, 5.74) is 0. The van der Waals surface area contributed by atoms with Gasteiger partial charge in [0.15, 0.2) is 5.82 Å². The van der Waals surface area contributed by atoms with Gasteiger partial charge >= 0.3 is 0 Å². The topological polar surface area (TPSA) is 88.3 Å². The van der Waals surface area contributed by atoms with Crippen LogP contribution in [0.15, 0.2) is 4.52 Å². The van der Waals surface area contributed by atoms with E-state index in [0.717, 1.165) is 25.7 Å². The number of amides is 2. The van der Waals surface area contributed by atoms with Crippen molar-refractivity contribution in [3.63, 3.8) is 0 Å². The van der Waals surface area contributed by atoms with E-state index in [1.165, 1.54) is 4.90 Å². The lowest BCUT2D eigenvalue weighted by atomic mass is 9.81. The molecule has 1 saturated carbocycles. The van der Waals surface area contributed by atoms with Crippen LogP contribution < -0.4 is 5.32 Å². The third-order valence-corrected chi connectivity index (χ3v) is 4.97. The minimum Gasteiger partial charge on any atom is -0.339 e. The lowest BCUT2D eigenvalue weighted by Crippen LogP contribution is -2.33. The maximum absolute atomic E-state index is 12.4. The summed E-state index contributed by atoms with van der Waals surface area (Å²) >= 11 is 0. The van der Waals surface area contributed by atoms with Crippen LogP contribution in [0.4, 0.5) is 0 Å². The number of rotatable bonds is 6. The van der Waals surface area contributed by atoms with E-state index in [2.05, 4.69) is 15.5 Å². The molecular weight excluding hydrogens is 296 g/mol. The molecule has 0 radical (unpaired) electrons. The largest absolute Gasteiger partial charge is 0.339 e. The first-order valence-electron chi connectivity index (χ1n) is 8.44. The Bertz CT molecular complexity index is 562. The minimum atomic E-state index is -0.0917. The standard InChI is InChI=1S/C16H24N4O3/c1-10(17-2)9-13-18-14(23-19-13)7-8-20-15(21)11-5-3-4-6-12(11)16(20)22/h10-12,17H,3-9H2,1-2H3. The summed E-state index contributed by atoms with van der Waals surface area (Å²) in [5.74, 6) is 0.928. The van der Waals surface area contributed by atoms with E-state index in [9.17, 15) is 9.59 Å². The van der Waals surface area contributed by atoms with Gasteiger partial charge in [-0.25, -0.2) is 0 Å². The van der Waals surface area contributed by atoms with Gasteiger partial charge in [-0.05, 0) is 26.8 Å². The fourth-order valence-electron chi connectivity index (χ4n) is 3.51. The van der Waals surface area contributed by atoms with Crippen molar-refractivity contribution in [2.75, 3.05) is 13.6 Å². The third-order valence-electron chi connectivity index (χ3n) is 4.97. The van der Waals surface area contributed by atoms with Crippen molar-refractivity contribution in [3.8, 4) is 0 Å². The van der Waals surface area contributed by atoms with Gasteiger partial charge in [0.1, 0.15) is 0 Å². The number of likely N-dealkylation sites (N-methyl/N-ethyl adjacent to an activating group) is 1. The van der Waals surface area contributed by atoms with Crippen LogP contribution in [0.2, 0.25) is 0 Å². The maximum atomic E-state index is 12.4. The number of aromatic nitrogens is 2. The van der Waals surface area contributed by atoms with Crippen LogP contribution in [0.5, 0.6) is 0 Å². The van der Waals surface area contributed by atoms with Crippen LogP contribution in [0.25, 0.3) is 0 Å². The summed E-state index contributed by atoms with van der Waals surface area (Å²) in [7, 11) is 1.88. The molecule has 2 fully saturated rings. The molecule has 7 heteroatoms. The van der Waals surface area contributed by atoms with Gasteiger partial charge in [0.05, 0.1) is 11.8 Å². The third kappa shape index (κ3) is 3.29. The zero-order chi connectivity index (χ0) is 16.4. The Morgan fingerprint density at radius 1 is 1.26 bits per heavy atom. The number of fused-ring (bicyclic) bond motifs is 1. The summed E-state index contributed by atoms with van der Waals surface area (Å²) in [6, 6.07) is 0.269. The van der Waals surface area contributed by atoms with Gasteiger partial charge in [-0.3, -0.25) is 14.5 Å². The molecule has 1 aliphatic carbocycles. The van der Waals surface area contributed by atoms with Crippen molar-refractivity contribution in [1.29, 1.82) is 0 Å². The summed E-state index contributed by atoms with van der Waals surface area (Å²) in [4.78, 5) is 30.5. The number of imide groups is 1. The van der Waals surface area contributed by atoms with Crippen molar-refractivity contribution in [1.82, 2.24) is 20.4 Å². The first-order valence-corrected chi connectivity index (χ1v) is 8.44. The van der Waals surface area contributed by atoms with E-state index in [-0.39, 0.29) is 29.7 Å². The monoisotopic (exact) mass is 320 g/mol. The van der Waals surface area contributed by atoms with Crippen LogP contribution in [0.1, 0.15) is 44.3 Å². The zero-order valence-corrected chi connectivity index (χ0v) is 13.7. The SMILES string of the molecule is CNC(C)Cc1noc(CCN2C(=O)C3CCCCC3C2=O)n1. The number of hydrogen-bond donors (Lipinski definition) is 1. The highest BCUT2D eigenvalue weighted by molar-refractivity contribution is 6.05. The van der Waals surface area contributed by atoms with Gasteiger partial charge in [-0.2, -0.15) is 4.98 Å². The van der Waals surface area contributed by atoms with E-state index in [1.54, 1.807) is 0 Å². The molecule has 3 atom stereocenters. The molecule has 2 aliphatic rings.